The molecule has 0 aliphatic carbocycles. The summed E-state index contributed by atoms with van der Waals surface area (Å²) in [7, 11) is 0.763. The number of fused-ring (bicyclic) bond motifs is 1. The van der Waals surface area contributed by atoms with E-state index in [1.807, 2.05) is 9.21 Å². The van der Waals surface area contributed by atoms with E-state index >= 15 is 0 Å². The van der Waals surface area contributed by atoms with Crippen molar-refractivity contribution in [2.24, 2.45) is 0 Å². The van der Waals surface area contributed by atoms with Crippen molar-refractivity contribution in [3.63, 3.8) is 0 Å². The molecule has 4 heterocycles. The summed E-state index contributed by atoms with van der Waals surface area (Å²) >= 11 is 0. The number of likely N-dealkylation sites (N-methyl/N-ethyl adjacent to an activating group) is 1. The molecule has 11 heteroatoms. The molecular weight excluding hydrogens is 492 g/mol. The predicted molar refractivity (Wildman–Crippen MR) is 141 cm³/mol. The van der Waals surface area contributed by atoms with Gasteiger partial charge in [-0.25, -0.2) is 8.51 Å². The molecule has 2 aliphatic heterocycles. The molecule has 0 spiro atoms. The third-order valence-electron chi connectivity index (χ3n) is 6.99. The van der Waals surface area contributed by atoms with Crippen LogP contribution in [0, 0.1) is 0 Å². The number of benzene rings is 1. The molecule has 0 bridgehead atoms. The van der Waals surface area contributed by atoms with E-state index in [1.165, 1.54) is 0 Å². The first-order valence-corrected chi connectivity index (χ1v) is 13.7. The van der Waals surface area contributed by atoms with Gasteiger partial charge in [0, 0.05) is 74.9 Å². The van der Waals surface area contributed by atoms with E-state index in [1.54, 1.807) is 36.5 Å². The van der Waals surface area contributed by atoms with Crippen LogP contribution in [-0.4, -0.2) is 98.1 Å². The van der Waals surface area contributed by atoms with Crippen LogP contribution >= 0.6 is 0 Å². The zero-order chi connectivity index (χ0) is 25.9. The minimum absolute atomic E-state index is 0.0386. The van der Waals surface area contributed by atoms with E-state index in [0.29, 0.717) is 58.6 Å². The Hall–Kier alpha value is -3.28. The summed E-state index contributed by atoms with van der Waals surface area (Å²) in [4.78, 5) is 36.6. The zero-order valence-corrected chi connectivity index (χ0v) is 21.7. The first-order chi connectivity index (χ1) is 17.9. The number of aromatic amines is 1. The summed E-state index contributed by atoms with van der Waals surface area (Å²) in [5, 5.41) is 14.2. The number of rotatable bonds is 8. The number of nitrogens with one attached hydrogen (secondary N) is 2. The van der Waals surface area contributed by atoms with Crippen LogP contribution in [0.15, 0.2) is 41.4 Å². The monoisotopic (exact) mass is 524 g/mol. The molecule has 10 nitrogen and oxygen atoms in total. The first-order valence-electron chi connectivity index (χ1n) is 12.6. The number of amides is 2. The molecule has 3 N–H and O–H groups in total. The van der Waals surface area contributed by atoms with Crippen LogP contribution in [0.3, 0.4) is 0 Å². The van der Waals surface area contributed by atoms with Gasteiger partial charge in [0.2, 0.25) is 5.91 Å². The van der Waals surface area contributed by atoms with Gasteiger partial charge in [-0.15, -0.1) is 0 Å². The SMILES string of the molecule is CN1CCN(S(=O)c2ccc(-c3c(O)[nH]c4ccc(C(=O)NCCCN5CCCC5=O)cc34)nc2)CC1. The second-order valence-electron chi connectivity index (χ2n) is 9.56. The van der Waals surface area contributed by atoms with Gasteiger partial charge in [-0.1, -0.05) is 0 Å². The number of piperazine rings is 1. The van der Waals surface area contributed by atoms with E-state index in [9.17, 15) is 18.9 Å². The lowest BCUT2D eigenvalue weighted by molar-refractivity contribution is -0.127. The summed E-state index contributed by atoms with van der Waals surface area (Å²) in [6.45, 7) is 5.12. The van der Waals surface area contributed by atoms with Crippen molar-refractivity contribution < 1.29 is 18.9 Å². The highest BCUT2D eigenvalue weighted by Crippen LogP contribution is 2.36. The highest BCUT2D eigenvalue weighted by atomic mass is 32.2. The van der Waals surface area contributed by atoms with Crippen molar-refractivity contribution in [2.75, 3.05) is 52.9 Å². The molecule has 2 aliphatic rings. The smallest absolute Gasteiger partial charge is 0.251 e. The Balaban J connectivity index is 1.28. The number of hydrogen-bond donors (Lipinski definition) is 3. The normalized spacial score (nSPS) is 18.0. The standard InChI is InChI=1S/C26H32N6O4S/c1-30-12-14-32(15-13-30)37(36)19-6-8-22(28-17-19)24-20-16-18(5-7-21(20)29-26(24)35)25(34)27-9-3-11-31-10-2-4-23(31)33/h5-8,16-17,29,35H,2-4,9-15H2,1H3,(H,27,34). The van der Waals surface area contributed by atoms with Crippen molar-refractivity contribution in [3.8, 4) is 17.1 Å². The summed E-state index contributed by atoms with van der Waals surface area (Å²) < 4.78 is 14.9. The summed E-state index contributed by atoms with van der Waals surface area (Å²) in [5.41, 5.74) is 2.17. The number of H-pyrrole nitrogens is 1. The molecular formula is C26H32N6O4S. The summed E-state index contributed by atoms with van der Waals surface area (Å²) in [6, 6.07) is 8.72. The lowest BCUT2D eigenvalue weighted by atomic mass is 10.1. The maximum absolute atomic E-state index is 13.0. The lowest BCUT2D eigenvalue weighted by Crippen LogP contribution is -2.45. The largest absolute Gasteiger partial charge is 0.494 e. The van der Waals surface area contributed by atoms with E-state index in [0.717, 1.165) is 39.1 Å². The van der Waals surface area contributed by atoms with Gasteiger partial charge in [-0.05, 0) is 50.2 Å². The Morgan fingerprint density at radius 2 is 1.97 bits per heavy atom. The molecule has 2 saturated heterocycles. The van der Waals surface area contributed by atoms with Gasteiger partial charge in [0.25, 0.3) is 5.91 Å². The van der Waals surface area contributed by atoms with Crippen molar-refractivity contribution in [2.45, 2.75) is 24.2 Å². The molecule has 2 fully saturated rings. The zero-order valence-electron chi connectivity index (χ0n) is 20.9. The Bertz CT molecular complexity index is 1320. The highest BCUT2D eigenvalue weighted by molar-refractivity contribution is 7.82. The van der Waals surface area contributed by atoms with Gasteiger partial charge < -0.3 is 25.2 Å². The fourth-order valence-corrected chi connectivity index (χ4v) is 5.95. The topological polar surface area (TPSA) is 122 Å². The average molecular weight is 525 g/mol. The van der Waals surface area contributed by atoms with Gasteiger partial charge >= 0.3 is 0 Å². The Labute approximate surface area is 218 Å². The van der Waals surface area contributed by atoms with Crippen LogP contribution in [-0.2, 0) is 15.8 Å². The number of pyridine rings is 1. The van der Waals surface area contributed by atoms with Crippen LogP contribution in [0.25, 0.3) is 22.2 Å². The van der Waals surface area contributed by atoms with Crippen LogP contribution < -0.4 is 5.32 Å². The third kappa shape index (κ3) is 5.53. The minimum atomic E-state index is -1.29. The predicted octanol–water partition coefficient (Wildman–Crippen LogP) is 1.95. The molecule has 3 aromatic rings. The lowest BCUT2D eigenvalue weighted by Gasteiger charge is -2.31. The number of aromatic nitrogens is 2. The highest BCUT2D eigenvalue weighted by Gasteiger charge is 2.22. The maximum Gasteiger partial charge on any atom is 0.251 e. The molecule has 1 aromatic carbocycles. The summed E-state index contributed by atoms with van der Waals surface area (Å²) in [5.74, 6) is -0.0702. The van der Waals surface area contributed by atoms with E-state index in [2.05, 4.69) is 27.2 Å². The second kappa shape index (κ2) is 11.0. The minimum Gasteiger partial charge on any atom is -0.494 e. The van der Waals surface area contributed by atoms with Gasteiger partial charge in [0.15, 0.2) is 5.88 Å². The van der Waals surface area contributed by atoms with Crippen molar-refractivity contribution in [1.29, 1.82) is 0 Å². The molecule has 1 atom stereocenters. The maximum atomic E-state index is 13.0. The van der Waals surface area contributed by atoms with Gasteiger partial charge in [-0.2, -0.15) is 0 Å². The molecule has 0 radical (unpaired) electrons. The molecule has 1 unspecified atom stereocenters. The van der Waals surface area contributed by atoms with Crippen LogP contribution in [0.4, 0.5) is 0 Å². The molecule has 0 saturated carbocycles. The number of likely N-dealkylation sites (tertiary alicyclic amines) is 1. The molecule has 5 rings (SSSR count). The van der Waals surface area contributed by atoms with Crippen molar-refractivity contribution in [3.05, 3.63) is 42.1 Å². The molecule has 196 valence electrons. The van der Waals surface area contributed by atoms with Crippen LogP contribution in [0.1, 0.15) is 29.6 Å². The van der Waals surface area contributed by atoms with Gasteiger partial charge in [0.05, 0.1) is 16.2 Å². The molecule has 37 heavy (non-hydrogen) atoms. The number of hydrogen-bond acceptors (Lipinski definition) is 6. The average Bonchev–Trinajstić information content (AvgIpc) is 3.47. The molecule has 2 aromatic heterocycles. The summed E-state index contributed by atoms with van der Waals surface area (Å²) in [6.07, 6.45) is 3.80. The number of nitrogens with zero attached hydrogens (tertiary/aromatic N) is 4. The third-order valence-corrected chi connectivity index (χ3v) is 8.47. The van der Waals surface area contributed by atoms with Crippen LogP contribution in [0.5, 0.6) is 5.88 Å². The first kappa shape index (κ1) is 25.4. The van der Waals surface area contributed by atoms with Crippen molar-refractivity contribution in [1.82, 2.24) is 29.4 Å². The van der Waals surface area contributed by atoms with Gasteiger partial charge in [-0.3, -0.25) is 14.6 Å². The van der Waals surface area contributed by atoms with E-state index in [-0.39, 0.29) is 17.7 Å². The second-order valence-corrected chi connectivity index (χ2v) is 11.0. The quantitative estimate of drug-likeness (QED) is 0.387. The number of aromatic hydroxyl groups is 1. The Morgan fingerprint density at radius 3 is 2.68 bits per heavy atom. The Morgan fingerprint density at radius 1 is 1.16 bits per heavy atom. The van der Waals surface area contributed by atoms with E-state index in [4.69, 9.17) is 0 Å². The van der Waals surface area contributed by atoms with E-state index < -0.39 is 11.0 Å². The number of carbonyl (C=O) groups excluding carboxylic acids is 2. The molecule has 2 amide bonds. The van der Waals surface area contributed by atoms with Crippen LogP contribution in [0.2, 0.25) is 0 Å². The Kier molecular flexibility index (Phi) is 7.54. The van der Waals surface area contributed by atoms with Gasteiger partial charge in [0.1, 0.15) is 11.0 Å². The fourth-order valence-electron chi connectivity index (χ4n) is 4.83. The number of carbonyl (C=O) groups is 2. The van der Waals surface area contributed by atoms with Crippen molar-refractivity contribution >= 4 is 33.7 Å². The fraction of sp³-hybridized carbons (Fsp3) is 0.423.